The van der Waals surface area contributed by atoms with Crippen molar-refractivity contribution in [2.24, 2.45) is 5.10 Å². The molecule has 0 saturated heterocycles. The fourth-order valence-electron chi connectivity index (χ4n) is 2.43. The van der Waals surface area contributed by atoms with Crippen LogP contribution < -0.4 is 4.74 Å². The maximum Gasteiger partial charge on any atom is 0.270 e. The molecule has 0 fully saturated rings. The number of ether oxygens (including phenoxy) is 1. The first-order valence-corrected chi connectivity index (χ1v) is 9.06. The lowest BCUT2D eigenvalue weighted by Gasteiger charge is -2.10. The van der Waals surface area contributed by atoms with E-state index in [0.717, 1.165) is 5.56 Å². The number of H-pyrrole nitrogens is 1. The van der Waals surface area contributed by atoms with Crippen LogP contribution in [0.25, 0.3) is 11.4 Å². The van der Waals surface area contributed by atoms with Crippen molar-refractivity contribution in [1.29, 1.82) is 0 Å². The van der Waals surface area contributed by atoms with E-state index in [1.54, 1.807) is 0 Å². The van der Waals surface area contributed by atoms with Gasteiger partial charge >= 0.3 is 0 Å². The van der Waals surface area contributed by atoms with Crippen molar-refractivity contribution in [3.63, 3.8) is 0 Å². The van der Waals surface area contributed by atoms with E-state index in [4.69, 9.17) is 28.6 Å². The van der Waals surface area contributed by atoms with E-state index < -0.39 is 4.92 Å². The lowest BCUT2D eigenvalue weighted by atomic mass is 10.2. The Kier molecular flexibility index (Phi) is 5.86. The van der Waals surface area contributed by atoms with E-state index in [1.807, 2.05) is 38.1 Å². The number of nitrogens with one attached hydrogen (secondary N) is 1. The predicted molar refractivity (Wildman–Crippen MR) is 110 cm³/mol. The van der Waals surface area contributed by atoms with Gasteiger partial charge in [0.2, 0.25) is 4.77 Å². The van der Waals surface area contributed by atoms with E-state index in [2.05, 4.69) is 15.3 Å². The zero-order chi connectivity index (χ0) is 20.3. The molecule has 0 atom stereocenters. The van der Waals surface area contributed by atoms with Crippen molar-refractivity contribution in [2.45, 2.75) is 20.0 Å². The van der Waals surface area contributed by atoms with Gasteiger partial charge in [-0.15, -0.1) is 0 Å². The largest absolute Gasteiger partial charge is 0.491 e. The Morgan fingerprint density at radius 1 is 1.36 bits per heavy atom. The Balaban J connectivity index is 1.99. The second-order valence-electron chi connectivity index (χ2n) is 6.07. The molecule has 3 rings (SSSR count). The summed E-state index contributed by atoms with van der Waals surface area (Å²) in [6.45, 7) is 3.88. The van der Waals surface area contributed by atoms with Crippen LogP contribution in [0.2, 0.25) is 5.02 Å². The summed E-state index contributed by atoms with van der Waals surface area (Å²) in [6.07, 6.45) is 1.43. The normalized spacial score (nSPS) is 11.3. The van der Waals surface area contributed by atoms with Gasteiger partial charge in [0.15, 0.2) is 5.82 Å². The molecule has 0 amide bonds. The number of nitro groups is 1. The van der Waals surface area contributed by atoms with Gasteiger partial charge in [0.1, 0.15) is 5.75 Å². The first-order chi connectivity index (χ1) is 13.3. The third-order valence-electron chi connectivity index (χ3n) is 3.62. The molecule has 0 saturated carbocycles. The predicted octanol–water partition coefficient (Wildman–Crippen LogP) is 4.84. The second kappa shape index (κ2) is 8.32. The summed E-state index contributed by atoms with van der Waals surface area (Å²) >= 11 is 11.4. The fraction of sp³-hybridized carbons (Fsp3) is 0.167. The van der Waals surface area contributed by atoms with Gasteiger partial charge in [-0.1, -0.05) is 23.7 Å². The van der Waals surface area contributed by atoms with Gasteiger partial charge in [0.25, 0.3) is 5.69 Å². The molecule has 0 aliphatic heterocycles. The number of hydrogen-bond donors (Lipinski definition) is 1. The average Bonchev–Trinajstić information content (AvgIpc) is 3.01. The topological polar surface area (TPSA) is 98.3 Å². The zero-order valence-electron chi connectivity index (χ0n) is 15.0. The zero-order valence-corrected chi connectivity index (χ0v) is 16.6. The second-order valence-corrected chi connectivity index (χ2v) is 6.86. The van der Waals surface area contributed by atoms with Crippen LogP contribution >= 0.6 is 23.8 Å². The molecule has 1 aromatic heterocycles. The van der Waals surface area contributed by atoms with Gasteiger partial charge in [0, 0.05) is 28.3 Å². The summed E-state index contributed by atoms with van der Waals surface area (Å²) in [6, 6.07) is 11.5. The molecule has 1 N–H and O–H groups in total. The molecule has 10 heteroatoms. The molecule has 2 aromatic carbocycles. The molecule has 0 unspecified atom stereocenters. The standard InChI is InChI=1S/C18H16ClN5O3S/c1-11(2)27-15-5-3-4-12(9-15)17-21-22-18(28)23(17)20-10-13-8-14(24(25)26)6-7-16(13)19/h3-11H,1-2H3,(H,22,28). The molecule has 1 heterocycles. The first kappa shape index (κ1) is 19.7. The number of nitrogens with zero attached hydrogens (tertiary/aromatic N) is 4. The molecule has 0 spiro atoms. The summed E-state index contributed by atoms with van der Waals surface area (Å²) < 4.78 is 7.39. The number of aromatic amines is 1. The van der Waals surface area contributed by atoms with Crippen LogP contribution in [0.5, 0.6) is 5.75 Å². The SMILES string of the molecule is CC(C)Oc1cccc(-c2n[nH]c(=S)n2N=Cc2cc([N+](=O)[O-])ccc2Cl)c1. The summed E-state index contributed by atoms with van der Waals surface area (Å²) in [7, 11) is 0. The van der Waals surface area contributed by atoms with Crippen LogP contribution in [0, 0.1) is 14.9 Å². The third-order valence-corrected chi connectivity index (χ3v) is 4.23. The smallest absolute Gasteiger partial charge is 0.270 e. The molecule has 28 heavy (non-hydrogen) atoms. The van der Waals surface area contributed by atoms with E-state index in [0.29, 0.717) is 22.2 Å². The van der Waals surface area contributed by atoms with E-state index >= 15 is 0 Å². The molecule has 144 valence electrons. The molecule has 3 aromatic rings. The van der Waals surface area contributed by atoms with Crippen LogP contribution in [0.3, 0.4) is 0 Å². The Bertz CT molecular complexity index is 1110. The highest BCUT2D eigenvalue weighted by molar-refractivity contribution is 7.71. The fourth-order valence-corrected chi connectivity index (χ4v) is 2.78. The third kappa shape index (κ3) is 4.44. The van der Waals surface area contributed by atoms with Crippen molar-refractivity contribution in [2.75, 3.05) is 0 Å². The van der Waals surface area contributed by atoms with Crippen molar-refractivity contribution in [1.82, 2.24) is 14.9 Å². The quantitative estimate of drug-likeness (QED) is 0.268. The van der Waals surface area contributed by atoms with Gasteiger partial charge in [0.05, 0.1) is 17.2 Å². The lowest BCUT2D eigenvalue weighted by molar-refractivity contribution is -0.384. The molecule has 0 radical (unpaired) electrons. The Labute approximate surface area is 170 Å². The number of rotatable bonds is 6. The van der Waals surface area contributed by atoms with Gasteiger partial charge in [-0.05, 0) is 44.3 Å². The highest BCUT2D eigenvalue weighted by Crippen LogP contribution is 2.24. The van der Waals surface area contributed by atoms with Crippen LogP contribution in [-0.4, -0.2) is 32.1 Å². The number of aromatic nitrogens is 3. The van der Waals surface area contributed by atoms with Crippen LogP contribution in [-0.2, 0) is 0 Å². The summed E-state index contributed by atoms with van der Waals surface area (Å²) in [5.74, 6) is 1.16. The summed E-state index contributed by atoms with van der Waals surface area (Å²) in [5.41, 5.74) is 1.05. The monoisotopic (exact) mass is 417 g/mol. The van der Waals surface area contributed by atoms with Crippen molar-refractivity contribution in [3.05, 3.63) is 67.9 Å². The van der Waals surface area contributed by atoms with E-state index in [1.165, 1.54) is 29.1 Å². The van der Waals surface area contributed by atoms with Crippen molar-refractivity contribution >= 4 is 35.7 Å². The Hall–Kier alpha value is -3.04. The highest BCUT2D eigenvalue weighted by Gasteiger charge is 2.11. The van der Waals surface area contributed by atoms with E-state index in [9.17, 15) is 10.1 Å². The van der Waals surface area contributed by atoms with Crippen molar-refractivity contribution in [3.8, 4) is 17.1 Å². The van der Waals surface area contributed by atoms with Crippen LogP contribution in [0.15, 0.2) is 47.6 Å². The average molecular weight is 418 g/mol. The molecule has 0 aliphatic rings. The molecule has 0 bridgehead atoms. The number of hydrogen-bond acceptors (Lipinski definition) is 6. The first-order valence-electron chi connectivity index (χ1n) is 8.28. The van der Waals surface area contributed by atoms with Gasteiger partial charge < -0.3 is 4.74 Å². The minimum Gasteiger partial charge on any atom is -0.491 e. The molecule has 8 nitrogen and oxygen atoms in total. The molecular weight excluding hydrogens is 402 g/mol. The maximum atomic E-state index is 11.0. The number of nitro benzene ring substituents is 1. The van der Waals surface area contributed by atoms with Crippen molar-refractivity contribution < 1.29 is 9.66 Å². The maximum absolute atomic E-state index is 11.0. The molecular formula is C18H16ClN5O3S. The van der Waals surface area contributed by atoms with Gasteiger partial charge in [-0.25, -0.2) is 5.10 Å². The van der Waals surface area contributed by atoms with Gasteiger partial charge in [-0.3, -0.25) is 10.1 Å². The highest BCUT2D eigenvalue weighted by atomic mass is 35.5. The lowest BCUT2D eigenvalue weighted by Crippen LogP contribution is -2.05. The minimum atomic E-state index is -0.497. The summed E-state index contributed by atoms with van der Waals surface area (Å²) in [5, 5.41) is 22.5. The Morgan fingerprint density at radius 2 is 2.14 bits per heavy atom. The minimum absolute atomic E-state index is 0.0325. The number of halogens is 1. The summed E-state index contributed by atoms with van der Waals surface area (Å²) in [4.78, 5) is 10.5. The van der Waals surface area contributed by atoms with Gasteiger partial charge in [-0.2, -0.15) is 14.9 Å². The van der Waals surface area contributed by atoms with Crippen LogP contribution in [0.4, 0.5) is 5.69 Å². The van der Waals surface area contributed by atoms with Crippen LogP contribution in [0.1, 0.15) is 19.4 Å². The number of benzene rings is 2. The Morgan fingerprint density at radius 3 is 2.86 bits per heavy atom. The number of non-ortho nitro benzene ring substituents is 1. The molecule has 0 aliphatic carbocycles. The van der Waals surface area contributed by atoms with E-state index in [-0.39, 0.29) is 16.6 Å².